The zero-order valence-electron chi connectivity index (χ0n) is 11.5. The van der Waals surface area contributed by atoms with Crippen LogP contribution in [-0.2, 0) is 9.53 Å². The minimum Gasteiger partial charge on any atom is -0.481 e. The molecule has 1 aliphatic carbocycles. The Kier molecular flexibility index (Phi) is 3.99. The first-order valence-corrected chi connectivity index (χ1v) is 6.86. The third-order valence-corrected chi connectivity index (χ3v) is 3.90. The number of carboxylic acid groups (broad SMARTS) is 1. The van der Waals surface area contributed by atoms with E-state index in [1.807, 2.05) is 13.8 Å². The van der Waals surface area contributed by atoms with Gasteiger partial charge in [0.15, 0.2) is 0 Å². The van der Waals surface area contributed by atoms with Crippen molar-refractivity contribution in [2.45, 2.75) is 44.7 Å². The lowest BCUT2D eigenvalue weighted by Gasteiger charge is -2.31. The zero-order chi connectivity index (χ0) is 14.0. The van der Waals surface area contributed by atoms with Gasteiger partial charge in [0.25, 0.3) is 0 Å². The average molecular weight is 270 g/mol. The fraction of sp³-hybridized carbons (Fsp3) is 0.846. The van der Waals surface area contributed by atoms with E-state index in [9.17, 15) is 14.7 Å². The Labute approximate surface area is 113 Å². The van der Waals surface area contributed by atoms with Gasteiger partial charge in [0.2, 0.25) is 0 Å². The van der Waals surface area contributed by atoms with Crippen LogP contribution < -0.4 is 5.32 Å². The molecule has 1 saturated heterocycles. The molecule has 1 saturated carbocycles. The van der Waals surface area contributed by atoms with E-state index < -0.39 is 11.9 Å². The Morgan fingerprint density at radius 1 is 1.42 bits per heavy atom. The molecule has 0 aromatic rings. The summed E-state index contributed by atoms with van der Waals surface area (Å²) in [5, 5.41) is 12.2. The summed E-state index contributed by atoms with van der Waals surface area (Å²) >= 11 is 0. The molecule has 0 aromatic carbocycles. The number of carboxylic acids is 1. The molecule has 2 rings (SSSR count). The summed E-state index contributed by atoms with van der Waals surface area (Å²) < 4.78 is 5.25. The van der Waals surface area contributed by atoms with Gasteiger partial charge in [-0.2, -0.15) is 0 Å². The molecule has 0 spiro atoms. The number of nitrogens with zero attached hydrogens (tertiary/aromatic N) is 1. The molecule has 6 heteroatoms. The van der Waals surface area contributed by atoms with E-state index in [0.29, 0.717) is 13.2 Å². The molecule has 6 nitrogen and oxygen atoms in total. The predicted octanol–water partition coefficient (Wildman–Crippen LogP) is 1.06. The van der Waals surface area contributed by atoms with Crippen molar-refractivity contribution in [3.8, 4) is 0 Å². The second-order valence-corrected chi connectivity index (χ2v) is 5.73. The van der Waals surface area contributed by atoms with Crippen molar-refractivity contribution in [3.63, 3.8) is 0 Å². The van der Waals surface area contributed by atoms with Crippen molar-refractivity contribution in [2.75, 3.05) is 19.8 Å². The Bertz CT molecular complexity index is 368. The molecule has 2 unspecified atom stereocenters. The third kappa shape index (κ3) is 3.18. The van der Waals surface area contributed by atoms with Crippen LogP contribution in [0.2, 0.25) is 0 Å². The number of hydrogen-bond acceptors (Lipinski definition) is 3. The van der Waals surface area contributed by atoms with Crippen molar-refractivity contribution in [1.82, 2.24) is 10.2 Å². The highest BCUT2D eigenvalue weighted by atomic mass is 16.5. The van der Waals surface area contributed by atoms with E-state index in [0.717, 1.165) is 19.3 Å². The van der Waals surface area contributed by atoms with Crippen molar-refractivity contribution < 1.29 is 19.4 Å². The largest absolute Gasteiger partial charge is 0.481 e. The van der Waals surface area contributed by atoms with Gasteiger partial charge in [0, 0.05) is 12.1 Å². The van der Waals surface area contributed by atoms with E-state index in [-0.39, 0.29) is 24.2 Å². The van der Waals surface area contributed by atoms with E-state index in [1.54, 1.807) is 4.90 Å². The molecule has 19 heavy (non-hydrogen) atoms. The van der Waals surface area contributed by atoms with E-state index >= 15 is 0 Å². The maximum Gasteiger partial charge on any atom is 0.318 e. The molecule has 0 aromatic heterocycles. The quantitative estimate of drug-likeness (QED) is 0.783. The highest BCUT2D eigenvalue weighted by Crippen LogP contribution is 2.34. The lowest BCUT2D eigenvalue weighted by atomic mass is 10.0. The summed E-state index contributed by atoms with van der Waals surface area (Å²) in [7, 11) is 0. The first-order valence-electron chi connectivity index (χ1n) is 6.86. The summed E-state index contributed by atoms with van der Waals surface area (Å²) in [5.41, 5.74) is -0.0960. The maximum atomic E-state index is 12.3. The minimum atomic E-state index is -0.894. The number of urea groups is 1. The number of amides is 2. The zero-order valence-corrected chi connectivity index (χ0v) is 11.5. The van der Waals surface area contributed by atoms with E-state index in [1.165, 1.54) is 0 Å². The van der Waals surface area contributed by atoms with E-state index in [2.05, 4.69) is 5.32 Å². The summed E-state index contributed by atoms with van der Waals surface area (Å²) in [4.78, 5) is 25.1. The molecule has 2 atom stereocenters. The molecule has 1 heterocycles. The monoisotopic (exact) mass is 270 g/mol. The summed E-state index contributed by atoms with van der Waals surface area (Å²) in [6, 6.07) is -0.525. The smallest absolute Gasteiger partial charge is 0.318 e. The highest BCUT2D eigenvalue weighted by Gasteiger charge is 2.43. The van der Waals surface area contributed by atoms with Crippen LogP contribution in [0.1, 0.15) is 33.1 Å². The summed E-state index contributed by atoms with van der Waals surface area (Å²) in [5.74, 6) is -1.52. The molecule has 108 valence electrons. The number of hydrogen-bond donors (Lipinski definition) is 2. The number of carbonyl (C=O) groups is 2. The van der Waals surface area contributed by atoms with Crippen molar-refractivity contribution in [1.29, 1.82) is 0 Å². The van der Waals surface area contributed by atoms with Crippen LogP contribution in [0, 0.1) is 5.92 Å². The van der Waals surface area contributed by atoms with Crippen molar-refractivity contribution in [3.05, 3.63) is 0 Å². The maximum absolute atomic E-state index is 12.3. The molecule has 2 aliphatic rings. The molecule has 0 radical (unpaired) electrons. The number of carbonyl (C=O) groups excluding carboxylic acids is 1. The average Bonchev–Trinajstić information content (AvgIpc) is 2.90. The van der Waals surface area contributed by atoms with Gasteiger partial charge in [-0.1, -0.05) is 6.92 Å². The van der Waals surface area contributed by atoms with E-state index in [4.69, 9.17) is 4.74 Å². The Morgan fingerprint density at radius 3 is 2.63 bits per heavy atom. The van der Waals surface area contributed by atoms with Gasteiger partial charge in [0.05, 0.1) is 19.3 Å². The van der Waals surface area contributed by atoms with Gasteiger partial charge in [-0.15, -0.1) is 0 Å². The molecule has 2 amide bonds. The number of nitrogens with one attached hydrogen (secondary N) is 1. The fourth-order valence-electron chi connectivity index (χ4n) is 2.39. The minimum absolute atomic E-state index is 0.0960. The number of ether oxygens (including phenoxy) is 1. The van der Waals surface area contributed by atoms with Crippen LogP contribution in [0.25, 0.3) is 0 Å². The molecular formula is C13H22N2O4. The normalized spacial score (nSPS) is 27.9. The van der Waals surface area contributed by atoms with Crippen LogP contribution in [0.15, 0.2) is 0 Å². The van der Waals surface area contributed by atoms with Gasteiger partial charge in [-0.05, 0) is 26.2 Å². The first kappa shape index (κ1) is 14.1. The topological polar surface area (TPSA) is 78.9 Å². The van der Waals surface area contributed by atoms with Gasteiger partial charge in [0.1, 0.15) is 5.92 Å². The Morgan fingerprint density at radius 2 is 2.11 bits per heavy atom. The van der Waals surface area contributed by atoms with Crippen molar-refractivity contribution >= 4 is 12.0 Å². The molecule has 2 fully saturated rings. The Balaban J connectivity index is 2.05. The van der Waals surface area contributed by atoms with Crippen LogP contribution in [0.3, 0.4) is 0 Å². The number of rotatable bonds is 5. The summed E-state index contributed by atoms with van der Waals surface area (Å²) in [6.45, 7) is 5.03. The third-order valence-electron chi connectivity index (χ3n) is 3.90. The lowest BCUT2D eigenvalue weighted by Crippen LogP contribution is -2.53. The van der Waals surface area contributed by atoms with Gasteiger partial charge in [-0.3, -0.25) is 4.79 Å². The second-order valence-electron chi connectivity index (χ2n) is 5.73. The molecule has 0 bridgehead atoms. The number of aliphatic carboxylic acids is 1. The molecule has 1 aliphatic heterocycles. The predicted molar refractivity (Wildman–Crippen MR) is 68.9 cm³/mol. The Hall–Kier alpha value is -1.30. The molecular weight excluding hydrogens is 248 g/mol. The SMILES string of the molecule is CCCN(C(=O)NC1(C)CC1)C1COCC1C(=O)O. The molecule has 2 N–H and O–H groups in total. The van der Waals surface area contributed by atoms with Crippen molar-refractivity contribution in [2.24, 2.45) is 5.92 Å². The van der Waals surface area contributed by atoms with Crippen LogP contribution in [-0.4, -0.2) is 53.3 Å². The lowest BCUT2D eigenvalue weighted by molar-refractivity contribution is -0.142. The second kappa shape index (κ2) is 5.36. The van der Waals surface area contributed by atoms with Gasteiger partial charge >= 0.3 is 12.0 Å². The van der Waals surface area contributed by atoms with Crippen LogP contribution in [0.4, 0.5) is 4.79 Å². The highest BCUT2D eigenvalue weighted by molar-refractivity contribution is 5.78. The van der Waals surface area contributed by atoms with Gasteiger partial charge < -0.3 is 20.1 Å². The standard InChI is InChI=1S/C13H22N2O4/c1-3-6-15(12(18)14-13(2)4-5-13)10-8-19-7-9(10)11(16)17/h9-10H,3-8H2,1-2H3,(H,14,18)(H,16,17). The first-order chi connectivity index (χ1) is 8.97. The summed E-state index contributed by atoms with van der Waals surface area (Å²) in [6.07, 6.45) is 2.78. The van der Waals surface area contributed by atoms with Crippen LogP contribution >= 0.6 is 0 Å². The van der Waals surface area contributed by atoms with Gasteiger partial charge in [-0.25, -0.2) is 4.79 Å². The fourth-order valence-corrected chi connectivity index (χ4v) is 2.39. The van der Waals surface area contributed by atoms with Crippen LogP contribution in [0.5, 0.6) is 0 Å².